The van der Waals surface area contributed by atoms with E-state index in [1.165, 1.54) is 0 Å². The van der Waals surface area contributed by atoms with Gasteiger partial charge in [0.2, 0.25) is 0 Å². The maximum Gasteiger partial charge on any atom is 0.503 e. The van der Waals surface area contributed by atoms with Crippen LogP contribution in [0.5, 0.6) is 0 Å². The average molecular weight is 304 g/mol. The zero-order valence-corrected chi connectivity index (χ0v) is 13.8. The zero-order chi connectivity index (χ0) is 16.2. The highest BCUT2D eigenvalue weighted by Crippen LogP contribution is 1.74. The van der Waals surface area contributed by atoms with E-state index < -0.39 is 12.3 Å². The molecule has 0 aromatic rings. The van der Waals surface area contributed by atoms with Gasteiger partial charge in [0.25, 0.3) is 0 Å². The summed E-state index contributed by atoms with van der Waals surface area (Å²) in [5, 5.41) is 30.6. The molecule has 0 heterocycles. The standard InChI is InChI=1S/2C4H12N.2CH2O3.2H3N/c2*1-5(2,3)4;2*2-1(3)4;;/h2*1-4H3;2*(H2,2,3,4);2*1H3/q2*+1;;;;/p-2. The summed E-state index contributed by atoms with van der Waals surface area (Å²) in [6.45, 7) is 0. The highest BCUT2D eigenvalue weighted by atomic mass is 16.6. The molecule has 0 saturated heterocycles. The molecule has 0 aromatic carbocycles. The second-order valence-electron chi connectivity index (χ2n) is 5.90. The number of carbonyl (C=O) groups is 2. The van der Waals surface area contributed by atoms with Crippen molar-refractivity contribution in [2.75, 3.05) is 56.4 Å². The van der Waals surface area contributed by atoms with Crippen molar-refractivity contribution in [3.05, 3.63) is 0 Å². The van der Waals surface area contributed by atoms with Crippen molar-refractivity contribution in [2.45, 2.75) is 0 Å². The van der Waals surface area contributed by atoms with Crippen molar-refractivity contribution in [3.8, 4) is 0 Å². The molecule has 0 spiro atoms. The molecule has 0 aliphatic heterocycles. The Hall–Kier alpha value is -1.62. The van der Waals surface area contributed by atoms with Crippen molar-refractivity contribution < 1.29 is 39.0 Å². The maximum atomic E-state index is 8.56. The number of quaternary nitrogens is 2. The predicted molar refractivity (Wildman–Crippen MR) is 74.0 cm³/mol. The van der Waals surface area contributed by atoms with E-state index in [1.54, 1.807) is 0 Å². The normalized spacial score (nSPS) is 8.40. The number of hydrogen-bond donors (Lipinski definition) is 4. The van der Waals surface area contributed by atoms with E-state index in [-0.39, 0.29) is 12.3 Å². The third-order valence-corrected chi connectivity index (χ3v) is 0. The van der Waals surface area contributed by atoms with Gasteiger partial charge in [-0.2, -0.15) is 0 Å². The van der Waals surface area contributed by atoms with Gasteiger partial charge in [-0.25, -0.2) is 4.79 Å². The van der Waals surface area contributed by atoms with Crippen LogP contribution < -0.4 is 22.5 Å². The van der Waals surface area contributed by atoms with Crippen molar-refractivity contribution in [2.24, 2.45) is 0 Å². The van der Waals surface area contributed by atoms with Crippen LogP contribution >= 0.6 is 0 Å². The molecular formula is C10H32N4O6. The highest BCUT2D eigenvalue weighted by Gasteiger charge is 1.88. The van der Waals surface area contributed by atoms with E-state index in [4.69, 9.17) is 30.0 Å². The predicted octanol–water partition coefficient (Wildman–Crippen LogP) is -1.26. The molecule has 10 heteroatoms. The van der Waals surface area contributed by atoms with E-state index in [0.717, 1.165) is 8.97 Å². The molecular weight excluding hydrogens is 272 g/mol. The number of nitrogens with zero attached hydrogens (tertiary/aromatic N) is 2. The first-order valence-electron chi connectivity index (χ1n) is 4.84. The fourth-order valence-electron chi connectivity index (χ4n) is 0. The van der Waals surface area contributed by atoms with Gasteiger partial charge in [0.1, 0.15) is 0 Å². The third kappa shape index (κ3) is 1480. The zero-order valence-electron chi connectivity index (χ0n) is 13.8. The average Bonchev–Trinajstić information content (AvgIpc) is 1.70. The van der Waals surface area contributed by atoms with E-state index in [1.807, 2.05) is 0 Å². The monoisotopic (exact) mass is 304 g/mol. The second kappa shape index (κ2) is 17.4. The van der Waals surface area contributed by atoms with Gasteiger partial charge in [0.15, 0.2) is 0 Å². The first-order valence-corrected chi connectivity index (χ1v) is 4.84. The van der Waals surface area contributed by atoms with Crippen molar-refractivity contribution in [1.29, 1.82) is 0 Å². The molecule has 10 nitrogen and oxygen atoms in total. The lowest BCUT2D eigenvalue weighted by atomic mass is 10.8. The van der Waals surface area contributed by atoms with Crippen LogP contribution in [0, 0.1) is 0 Å². The number of hydrogen-bond acceptors (Lipinski definition) is 6. The Kier molecular flexibility index (Phi) is 31.5. The minimum absolute atomic E-state index is 0. The van der Waals surface area contributed by atoms with E-state index in [2.05, 4.69) is 56.4 Å². The number of carbonyl (C=O) groups excluding carboxylic acids is 1. The van der Waals surface area contributed by atoms with Crippen LogP contribution in [0.25, 0.3) is 0 Å². The molecule has 0 rings (SSSR count). The Morgan fingerprint density at radius 3 is 0.700 bits per heavy atom. The van der Waals surface area contributed by atoms with Crippen LogP contribution in [0.1, 0.15) is 0 Å². The summed E-state index contributed by atoms with van der Waals surface area (Å²) in [6, 6.07) is 0. The van der Waals surface area contributed by atoms with Gasteiger partial charge in [-0.3, -0.25) is 0 Å². The van der Waals surface area contributed by atoms with Crippen LogP contribution in [-0.4, -0.2) is 87.9 Å². The second-order valence-corrected chi connectivity index (χ2v) is 5.90. The van der Waals surface area contributed by atoms with Gasteiger partial charge < -0.3 is 46.5 Å². The fraction of sp³-hybridized carbons (Fsp3) is 0.800. The van der Waals surface area contributed by atoms with Crippen LogP contribution in [0.4, 0.5) is 9.59 Å². The summed E-state index contributed by atoms with van der Waals surface area (Å²) >= 11 is 0. The lowest BCUT2D eigenvalue weighted by molar-refractivity contribution is -0.849. The molecule has 0 aliphatic rings. The van der Waals surface area contributed by atoms with E-state index in [0.29, 0.717) is 0 Å². The molecule has 0 amide bonds. The molecule has 0 bridgehead atoms. The first kappa shape index (κ1) is 36.2. The smallest absolute Gasteiger partial charge is 0.503 e. The van der Waals surface area contributed by atoms with Crippen LogP contribution in [0.3, 0.4) is 0 Å². The summed E-state index contributed by atoms with van der Waals surface area (Å²) in [4.78, 5) is 16.9. The molecule has 0 unspecified atom stereocenters. The summed E-state index contributed by atoms with van der Waals surface area (Å²) in [5.74, 6) is 0. The minimum Gasteiger partial charge on any atom is -0.652 e. The molecule has 20 heavy (non-hydrogen) atoms. The Bertz CT molecular complexity index is 179. The minimum atomic E-state index is -2.33. The summed E-state index contributed by atoms with van der Waals surface area (Å²) in [6.07, 6.45) is -4.17. The van der Waals surface area contributed by atoms with E-state index in [9.17, 15) is 0 Å². The van der Waals surface area contributed by atoms with Gasteiger partial charge in [0, 0.05) is 0 Å². The van der Waals surface area contributed by atoms with Crippen molar-refractivity contribution in [1.82, 2.24) is 12.3 Å². The van der Waals surface area contributed by atoms with Gasteiger partial charge in [-0.1, -0.05) is 0 Å². The largest absolute Gasteiger partial charge is 0.652 e. The quantitative estimate of drug-likeness (QED) is 0.398. The number of carboxylic acid groups (broad SMARTS) is 4. The lowest BCUT2D eigenvalue weighted by Crippen LogP contribution is -2.37. The number of rotatable bonds is 0. The van der Waals surface area contributed by atoms with E-state index >= 15 is 0 Å². The molecule has 0 fully saturated rings. The maximum absolute atomic E-state index is 8.56. The van der Waals surface area contributed by atoms with Crippen molar-refractivity contribution in [3.63, 3.8) is 0 Å². The van der Waals surface area contributed by atoms with Crippen LogP contribution in [0.2, 0.25) is 0 Å². The van der Waals surface area contributed by atoms with Gasteiger partial charge in [-0.15, -0.1) is 0 Å². The lowest BCUT2D eigenvalue weighted by Gasteiger charge is -2.14. The Morgan fingerprint density at radius 2 is 0.700 bits per heavy atom. The summed E-state index contributed by atoms with van der Waals surface area (Å²) in [7, 11) is 17.0. The molecule has 0 radical (unpaired) electrons. The van der Waals surface area contributed by atoms with Gasteiger partial charge >= 0.3 is 6.16 Å². The molecule has 0 aromatic heterocycles. The third-order valence-electron chi connectivity index (χ3n) is 0. The van der Waals surface area contributed by atoms with Crippen LogP contribution in [0.15, 0.2) is 0 Å². The first-order chi connectivity index (χ1) is 7.46. The Labute approximate surface area is 121 Å². The van der Waals surface area contributed by atoms with Gasteiger partial charge in [-0.05, 0) is 6.16 Å². The Morgan fingerprint density at radius 1 is 0.700 bits per heavy atom. The SMILES string of the molecule is C[N+](C)(C)C.C[N+](C)(C)C.N.N.O=C(O)O.O=C([O-])[O-]. The molecule has 0 saturated carbocycles. The van der Waals surface area contributed by atoms with Gasteiger partial charge in [0.05, 0.1) is 56.4 Å². The van der Waals surface area contributed by atoms with Crippen LogP contribution in [-0.2, 0) is 0 Å². The molecule has 0 atom stereocenters. The van der Waals surface area contributed by atoms with Crippen molar-refractivity contribution >= 4 is 12.3 Å². The Balaban J connectivity index is -0.0000000318. The molecule has 0 aliphatic carbocycles. The highest BCUT2D eigenvalue weighted by molar-refractivity contribution is 5.53. The molecule has 128 valence electrons. The summed E-state index contributed by atoms with van der Waals surface area (Å²) < 4.78 is 2.00. The molecule has 8 N–H and O–H groups in total. The topological polar surface area (TPSA) is 191 Å². The summed E-state index contributed by atoms with van der Waals surface area (Å²) in [5.41, 5.74) is 0. The fourth-order valence-corrected chi connectivity index (χ4v) is 0.